The normalized spacial score (nSPS) is 12.4. The Morgan fingerprint density at radius 2 is 2.05 bits per heavy atom. The molecule has 112 valence electrons. The summed E-state index contributed by atoms with van der Waals surface area (Å²) in [4.78, 5) is 2.88. The second-order valence-corrected chi connectivity index (χ2v) is 7.40. The molecule has 0 saturated heterocycles. The van der Waals surface area contributed by atoms with E-state index in [1.165, 1.54) is 4.88 Å². The molecule has 3 N–H and O–H groups in total. The van der Waals surface area contributed by atoms with E-state index in [0.29, 0.717) is 10.9 Å². The molecule has 2 rings (SSSR count). The van der Waals surface area contributed by atoms with Crippen LogP contribution in [0.4, 0.5) is 5.69 Å². The smallest absolute Gasteiger partial charge is 0.107 e. The molecule has 2 nitrogen and oxygen atoms in total. The van der Waals surface area contributed by atoms with Crippen LogP contribution in [0.15, 0.2) is 40.6 Å². The first-order valence-electron chi connectivity index (χ1n) is 6.81. The molecule has 0 amide bonds. The van der Waals surface area contributed by atoms with Gasteiger partial charge in [-0.1, -0.05) is 38.2 Å². The highest BCUT2D eigenvalue weighted by molar-refractivity contribution is 7.98. The standard InChI is InChI=1S/C16H20N2S3/c1-10(2)15(13-8-5-9-21-13)18-11-6-4-7-12(20-3)14(11)16(17)19/h4-10,15,18H,1-3H3,(H2,17,19). The van der Waals surface area contributed by atoms with Crippen LogP contribution in [-0.4, -0.2) is 11.2 Å². The molecule has 0 spiro atoms. The van der Waals surface area contributed by atoms with Crippen LogP contribution in [0.3, 0.4) is 0 Å². The van der Waals surface area contributed by atoms with Crippen molar-refractivity contribution in [2.45, 2.75) is 24.8 Å². The first-order chi connectivity index (χ1) is 10.0. The lowest BCUT2D eigenvalue weighted by molar-refractivity contribution is 0.553. The van der Waals surface area contributed by atoms with Crippen molar-refractivity contribution in [1.82, 2.24) is 0 Å². The fraction of sp³-hybridized carbons (Fsp3) is 0.312. The van der Waals surface area contributed by atoms with E-state index in [4.69, 9.17) is 18.0 Å². The molecule has 0 radical (unpaired) electrons. The quantitative estimate of drug-likeness (QED) is 0.580. The van der Waals surface area contributed by atoms with Gasteiger partial charge in [0.15, 0.2) is 0 Å². The predicted molar refractivity (Wildman–Crippen MR) is 99.6 cm³/mol. The molecule has 1 unspecified atom stereocenters. The first-order valence-corrected chi connectivity index (χ1v) is 9.32. The molecule has 1 aromatic heterocycles. The minimum atomic E-state index is 0.259. The Morgan fingerprint density at radius 1 is 1.29 bits per heavy atom. The Balaban J connectivity index is 2.40. The van der Waals surface area contributed by atoms with Gasteiger partial charge in [-0.15, -0.1) is 23.1 Å². The zero-order valence-corrected chi connectivity index (χ0v) is 14.9. The summed E-state index contributed by atoms with van der Waals surface area (Å²) in [6.45, 7) is 4.44. The van der Waals surface area contributed by atoms with Gasteiger partial charge in [0, 0.05) is 21.0 Å². The van der Waals surface area contributed by atoms with E-state index in [0.717, 1.165) is 16.1 Å². The number of rotatable bonds is 6. The van der Waals surface area contributed by atoms with Crippen molar-refractivity contribution in [3.8, 4) is 0 Å². The number of hydrogen-bond donors (Lipinski definition) is 2. The van der Waals surface area contributed by atoms with Gasteiger partial charge >= 0.3 is 0 Å². The van der Waals surface area contributed by atoms with E-state index >= 15 is 0 Å². The molecule has 0 fully saturated rings. The van der Waals surface area contributed by atoms with Gasteiger partial charge in [0.25, 0.3) is 0 Å². The van der Waals surface area contributed by atoms with Crippen molar-refractivity contribution in [3.05, 3.63) is 46.2 Å². The molecule has 2 aromatic rings. The third-order valence-electron chi connectivity index (χ3n) is 3.32. The fourth-order valence-electron chi connectivity index (χ4n) is 2.28. The average Bonchev–Trinajstić information content (AvgIpc) is 2.97. The lowest BCUT2D eigenvalue weighted by atomic mass is 10.0. The molecule has 0 aliphatic carbocycles. The Bertz CT molecular complexity index is 606. The predicted octanol–water partition coefficient (Wildman–Crippen LogP) is 4.91. The monoisotopic (exact) mass is 336 g/mol. The first kappa shape index (κ1) is 16.3. The Kier molecular flexibility index (Phi) is 5.67. The Labute approximate surface area is 140 Å². The highest BCUT2D eigenvalue weighted by Gasteiger charge is 2.19. The van der Waals surface area contributed by atoms with Crippen molar-refractivity contribution in [1.29, 1.82) is 0 Å². The third kappa shape index (κ3) is 3.78. The number of anilines is 1. The second-order valence-electron chi connectivity index (χ2n) is 5.13. The molecule has 1 atom stereocenters. The summed E-state index contributed by atoms with van der Waals surface area (Å²) in [6, 6.07) is 10.7. The third-order valence-corrected chi connectivity index (χ3v) is 5.26. The topological polar surface area (TPSA) is 38.0 Å². The molecule has 21 heavy (non-hydrogen) atoms. The number of hydrogen-bond acceptors (Lipinski definition) is 4. The van der Waals surface area contributed by atoms with Gasteiger partial charge in [0.2, 0.25) is 0 Å². The SMILES string of the molecule is CSc1cccc(NC(c2cccs2)C(C)C)c1C(N)=S. The van der Waals surface area contributed by atoms with Crippen LogP contribution in [0.25, 0.3) is 0 Å². The number of thiocarbonyl (C=S) groups is 1. The Morgan fingerprint density at radius 3 is 2.57 bits per heavy atom. The van der Waals surface area contributed by atoms with Crippen molar-refractivity contribution in [2.24, 2.45) is 11.7 Å². The van der Waals surface area contributed by atoms with Crippen LogP contribution >= 0.6 is 35.3 Å². The van der Waals surface area contributed by atoms with E-state index in [2.05, 4.69) is 48.8 Å². The molecule has 0 bridgehead atoms. The van der Waals surface area contributed by atoms with Crippen LogP contribution in [0.5, 0.6) is 0 Å². The van der Waals surface area contributed by atoms with Crippen LogP contribution in [0, 0.1) is 5.92 Å². The minimum Gasteiger partial charge on any atom is -0.389 e. The van der Waals surface area contributed by atoms with E-state index in [9.17, 15) is 0 Å². The molecule has 0 saturated carbocycles. The highest BCUT2D eigenvalue weighted by Crippen LogP contribution is 2.33. The van der Waals surface area contributed by atoms with Crippen LogP contribution in [-0.2, 0) is 0 Å². The van der Waals surface area contributed by atoms with Crippen LogP contribution in [0.1, 0.15) is 30.3 Å². The zero-order chi connectivity index (χ0) is 15.4. The number of thiophene rings is 1. The van der Waals surface area contributed by atoms with Crippen molar-refractivity contribution < 1.29 is 0 Å². The lowest BCUT2D eigenvalue weighted by Crippen LogP contribution is -2.20. The van der Waals surface area contributed by atoms with E-state index in [1.807, 2.05) is 12.3 Å². The van der Waals surface area contributed by atoms with Gasteiger partial charge < -0.3 is 11.1 Å². The van der Waals surface area contributed by atoms with Gasteiger partial charge in [-0.25, -0.2) is 0 Å². The summed E-state index contributed by atoms with van der Waals surface area (Å²) in [6.07, 6.45) is 2.04. The van der Waals surface area contributed by atoms with Crippen molar-refractivity contribution in [3.63, 3.8) is 0 Å². The van der Waals surface area contributed by atoms with Gasteiger partial charge in [-0.2, -0.15) is 0 Å². The molecule has 0 aliphatic heterocycles. The highest BCUT2D eigenvalue weighted by atomic mass is 32.2. The largest absolute Gasteiger partial charge is 0.389 e. The summed E-state index contributed by atoms with van der Waals surface area (Å²) in [5.74, 6) is 0.473. The fourth-order valence-corrected chi connectivity index (χ4v) is 4.15. The van der Waals surface area contributed by atoms with Gasteiger partial charge in [0.05, 0.1) is 6.04 Å². The van der Waals surface area contributed by atoms with Crippen LogP contribution < -0.4 is 11.1 Å². The molecular weight excluding hydrogens is 316 g/mol. The number of thioether (sulfide) groups is 1. The summed E-state index contributed by atoms with van der Waals surface area (Å²) in [5.41, 5.74) is 7.90. The van der Waals surface area contributed by atoms with E-state index in [-0.39, 0.29) is 6.04 Å². The maximum Gasteiger partial charge on any atom is 0.107 e. The molecule has 1 aromatic carbocycles. The van der Waals surface area contributed by atoms with Crippen LogP contribution in [0.2, 0.25) is 0 Å². The molecule has 0 aliphatic rings. The van der Waals surface area contributed by atoms with Crippen molar-refractivity contribution in [2.75, 3.05) is 11.6 Å². The number of benzene rings is 1. The maximum absolute atomic E-state index is 5.94. The number of nitrogens with one attached hydrogen (secondary N) is 1. The summed E-state index contributed by atoms with van der Waals surface area (Å²) < 4.78 is 0. The zero-order valence-electron chi connectivity index (χ0n) is 12.4. The Hall–Kier alpha value is -1.04. The summed E-state index contributed by atoms with van der Waals surface area (Å²) in [7, 11) is 0. The van der Waals surface area contributed by atoms with E-state index in [1.54, 1.807) is 23.1 Å². The minimum absolute atomic E-state index is 0.259. The van der Waals surface area contributed by atoms with Gasteiger partial charge in [0.1, 0.15) is 4.99 Å². The average molecular weight is 337 g/mol. The van der Waals surface area contributed by atoms with Gasteiger partial charge in [-0.05, 0) is 35.8 Å². The summed E-state index contributed by atoms with van der Waals surface area (Å²) in [5, 5.41) is 5.75. The molecule has 5 heteroatoms. The van der Waals surface area contributed by atoms with E-state index < -0.39 is 0 Å². The lowest BCUT2D eigenvalue weighted by Gasteiger charge is -2.24. The van der Waals surface area contributed by atoms with Crippen molar-refractivity contribution >= 4 is 46.0 Å². The summed E-state index contributed by atoms with van der Waals surface area (Å²) >= 11 is 8.69. The van der Waals surface area contributed by atoms with Gasteiger partial charge in [-0.3, -0.25) is 0 Å². The molecule has 1 heterocycles. The maximum atomic E-state index is 5.94. The molecular formula is C16H20N2S3. The number of nitrogens with two attached hydrogens (primary N) is 1. The second kappa shape index (κ2) is 7.29.